The lowest BCUT2D eigenvalue weighted by molar-refractivity contribution is -0.384. The van der Waals surface area contributed by atoms with E-state index in [1.54, 1.807) is 12.1 Å². The molecule has 5 nitrogen and oxygen atoms in total. The maximum absolute atomic E-state index is 10.4. The summed E-state index contributed by atoms with van der Waals surface area (Å²) in [5, 5.41) is 10.4. The van der Waals surface area contributed by atoms with E-state index in [4.69, 9.17) is 10.5 Å². The number of non-ortho nitro benzene ring substituents is 1. The van der Waals surface area contributed by atoms with Crippen molar-refractivity contribution in [3.8, 4) is 5.75 Å². The molecule has 0 aliphatic rings. The summed E-state index contributed by atoms with van der Waals surface area (Å²) in [6.07, 6.45) is 0.739. The van der Waals surface area contributed by atoms with Crippen LogP contribution in [0.5, 0.6) is 5.75 Å². The van der Waals surface area contributed by atoms with Crippen molar-refractivity contribution in [3.05, 3.63) is 34.4 Å². The Morgan fingerprint density at radius 3 is 2.93 bits per heavy atom. The zero-order valence-corrected chi connectivity index (χ0v) is 7.68. The zero-order chi connectivity index (χ0) is 10.4. The Bertz CT molecular complexity index is 315. The summed E-state index contributed by atoms with van der Waals surface area (Å²) >= 11 is 0. The lowest BCUT2D eigenvalue weighted by Gasteiger charge is -2.03. The molecule has 0 saturated carbocycles. The number of ether oxygens (including phenoxy) is 1. The SMILES string of the molecule is NCCCOc1cccc([N+](=O)[O-])c1. The number of hydrogen-bond acceptors (Lipinski definition) is 4. The monoisotopic (exact) mass is 196 g/mol. The van der Waals surface area contributed by atoms with E-state index in [1.807, 2.05) is 0 Å². The molecule has 0 aliphatic carbocycles. The van der Waals surface area contributed by atoms with Crippen LogP contribution in [0.15, 0.2) is 24.3 Å². The van der Waals surface area contributed by atoms with Crippen molar-refractivity contribution in [1.82, 2.24) is 0 Å². The minimum Gasteiger partial charge on any atom is -0.493 e. The average molecular weight is 196 g/mol. The molecular formula is C9H12N2O3. The fraction of sp³-hybridized carbons (Fsp3) is 0.333. The average Bonchev–Trinajstić information content (AvgIpc) is 2.19. The molecule has 0 radical (unpaired) electrons. The quantitative estimate of drug-likeness (QED) is 0.437. The van der Waals surface area contributed by atoms with Gasteiger partial charge in [0.2, 0.25) is 0 Å². The van der Waals surface area contributed by atoms with Gasteiger partial charge >= 0.3 is 0 Å². The first-order valence-electron chi connectivity index (χ1n) is 4.31. The van der Waals surface area contributed by atoms with E-state index in [0.717, 1.165) is 6.42 Å². The second kappa shape index (κ2) is 5.18. The Hall–Kier alpha value is -1.62. The molecule has 2 N–H and O–H groups in total. The first-order valence-corrected chi connectivity index (χ1v) is 4.31. The molecule has 0 aromatic heterocycles. The summed E-state index contributed by atoms with van der Waals surface area (Å²) in [5.41, 5.74) is 5.32. The summed E-state index contributed by atoms with van der Waals surface area (Å²) < 4.78 is 5.25. The van der Waals surface area contributed by atoms with Gasteiger partial charge in [0.05, 0.1) is 17.6 Å². The van der Waals surface area contributed by atoms with E-state index in [2.05, 4.69) is 0 Å². The maximum atomic E-state index is 10.4. The summed E-state index contributed by atoms with van der Waals surface area (Å²) in [6.45, 7) is 1.03. The van der Waals surface area contributed by atoms with Gasteiger partial charge in [-0.25, -0.2) is 0 Å². The van der Waals surface area contributed by atoms with E-state index in [-0.39, 0.29) is 5.69 Å². The van der Waals surface area contributed by atoms with Crippen LogP contribution < -0.4 is 10.5 Å². The smallest absolute Gasteiger partial charge is 0.273 e. The number of nitro benzene ring substituents is 1. The van der Waals surface area contributed by atoms with E-state index >= 15 is 0 Å². The Morgan fingerprint density at radius 1 is 1.50 bits per heavy atom. The van der Waals surface area contributed by atoms with Crippen molar-refractivity contribution in [3.63, 3.8) is 0 Å². The van der Waals surface area contributed by atoms with Crippen LogP contribution in [-0.2, 0) is 0 Å². The molecule has 76 valence electrons. The van der Waals surface area contributed by atoms with Gasteiger partial charge in [0.15, 0.2) is 0 Å². The summed E-state index contributed by atoms with van der Waals surface area (Å²) in [6, 6.07) is 6.10. The molecule has 1 aromatic rings. The number of nitrogens with zero attached hydrogens (tertiary/aromatic N) is 1. The van der Waals surface area contributed by atoms with E-state index in [1.165, 1.54) is 12.1 Å². The normalized spacial score (nSPS) is 9.79. The predicted octanol–water partition coefficient (Wildman–Crippen LogP) is 1.32. The van der Waals surface area contributed by atoms with Crippen molar-refractivity contribution >= 4 is 5.69 Å². The van der Waals surface area contributed by atoms with E-state index in [0.29, 0.717) is 18.9 Å². The molecule has 5 heteroatoms. The largest absolute Gasteiger partial charge is 0.493 e. The summed E-state index contributed by atoms with van der Waals surface area (Å²) in [4.78, 5) is 9.96. The standard InChI is InChI=1S/C9H12N2O3/c10-5-2-6-14-9-4-1-3-8(7-9)11(12)13/h1,3-4,7H,2,5-6,10H2. The van der Waals surface area contributed by atoms with E-state index in [9.17, 15) is 10.1 Å². The second-order valence-electron chi connectivity index (χ2n) is 2.75. The lowest BCUT2D eigenvalue weighted by atomic mass is 10.3. The molecule has 0 bridgehead atoms. The number of hydrogen-bond donors (Lipinski definition) is 1. The van der Waals surface area contributed by atoms with Crippen molar-refractivity contribution in [1.29, 1.82) is 0 Å². The highest BCUT2D eigenvalue weighted by atomic mass is 16.6. The molecular weight excluding hydrogens is 184 g/mol. The van der Waals surface area contributed by atoms with Crippen LogP contribution in [0.3, 0.4) is 0 Å². The Balaban J connectivity index is 2.59. The highest BCUT2D eigenvalue weighted by Gasteiger charge is 2.05. The Labute approximate surface area is 81.6 Å². The zero-order valence-electron chi connectivity index (χ0n) is 7.68. The van der Waals surface area contributed by atoms with Crippen molar-refractivity contribution in [2.45, 2.75) is 6.42 Å². The first-order chi connectivity index (χ1) is 6.74. The van der Waals surface area contributed by atoms with Crippen molar-refractivity contribution < 1.29 is 9.66 Å². The molecule has 0 atom stereocenters. The van der Waals surface area contributed by atoms with Crippen LogP contribution in [0.25, 0.3) is 0 Å². The van der Waals surface area contributed by atoms with Crippen molar-refractivity contribution in [2.75, 3.05) is 13.2 Å². The molecule has 0 amide bonds. The summed E-state index contributed by atoms with van der Waals surface area (Å²) in [7, 11) is 0. The van der Waals surface area contributed by atoms with Gasteiger partial charge in [-0.1, -0.05) is 6.07 Å². The van der Waals surface area contributed by atoms with Gasteiger partial charge in [0, 0.05) is 6.07 Å². The molecule has 14 heavy (non-hydrogen) atoms. The predicted molar refractivity (Wildman–Crippen MR) is 52.3 cm³/mol. The number of benzene rings is 1. The topological polar surface area (TPSA) is 78.4 Å². The minimum absolute atomic E-state index is 0.0373. The van der Waals surface area contributed by atoms with Crippen LogP contribution in [-0.4, -0.2) is 18.1 Å². The first kappa shape index (κ1) is 10.5. The molecule has 0 fully saturated rings. The molecule has 0 aliphatic heterocycles. The van der Waals surface area contributed by atoms with Crippen LogP contribution >= 0.6 is 0 Å². The van der Waals surface area contributed by atoms with Crippen LogP contribution in [0.2, 0.25) is 0 Å². The highest BCUT2D eigenvalue weighted by molar-refractivity contribution is 5.37. The third-order valence-electron chi connectivity index (χ3n) is 1.65. The van der Waals surface area contributed by atoms with Crippen LogP contribution in [0.4, 0.5) is 5.69 Å². The van der Waals surface area contributed by atoms with Gasteiger partial charge in [0.1, 0.15) is 5.75 Å². The molecule has 0 unspecified atom stereocenters. The Morgan fingerprint density at radius 2 is 2.29 bits per heavy atom. The maximum Gasteiger partial charge on any atom is 0.273 e. The third-order valence-corrected chi connectivity index (χ3v) is 1.65. The second-order valence-corrected chi connectivity index (χ2v) is 2.75. The van der Waals surface area contributed by atoms with Crippen LogP contribution in [0.1, 0.15) is 6.42 Å². The number of rotatable bonds is 5. The fourth-order valence-corrected chi connectivity index (χ4v) is 0.960. The molecule has 0 saturated heterocycles. The van der Waals surface area contributed by atoms with E-state index < -0.39 is 4.92 Å². The van der Waals surface area contributed by atoms with Gasteiger partial charge in [-0.05, 0) is 19.0 Å². The molecule has 0 heterocycles. The Kier molecular flexibility index (Phi) is 3.87. The van der Waals surface area contributed by atoms with Gasteiger partial charge in [-0.3, -0.25) is 10.1 Å². The van der Waals surface area contributed by atoms with Gasteiger partial charge in [0.25, 0.3) is 5.69 Å². The van der Waals surface area contributed by atoms with Crippen molar-refractivity contribution in [2.24, 2.45) is 5.73 Å². The molecule has 1 rings (SSSR count). The number of nitro groups is 1. The highest BCUT2D eigenvalue weighted by Crippen LogP contribution is 2.18. The molecule has 0 spiro atoms. The van der Waals surface area contributed by atoms with Gasteiger partial charge in [-0.15, -0.1) is 0 Å². The van der Waals surface area contributed by atoms with Crippen LogP contribution in [0, 0.1) is 10.1 Å². The lowest BCUT2D eigenvalue weighted by Crippen LogP contribution is -2.06. The molecule has 1 aromatic carbocycles. The third kappa shape index (κ3) is 3.02. The van der Waals surface area contributed by atoms with Gasteiger partial charge in [-0.2, -0.15) is 0 Å². The number of nitrogens with two attached hydrogens (primary N) is 1. The summed E-state index contributed by atoms with van der Waals surface area (Å²) in [5.74, 6) is 0.507. The minimum atomic E-state index is -0.449. The fourth-order valence-electron chi connectivity index (χ4n) is 0.960. The van der Waals surface area contributed by atoms with Gasteiger partial charge < -0.3 is 10.5 Å².